The van der Waals surface area contributed by atoms with Gasteiger partial charge in [-0.05, 0) is 36.7 Å². The Morgan fingerprint density at radius 1 is 0.947 bits per heavy atom. The largest absolute Gasteiger partial charge is 0.340 e. The molecule has 4 rings (SSSR count). The molecule has 2 heteroatoms. The van der Waals surface area contributed by atoms with E-state index >= 15 is 0 Å². The van der Waals surface area contributed by atoms with Crippen LogP contribution in [0.4, 0.5) is 11.4 Å². The van der Waals surface area contributed by atoms with Crippen molar-refractivity contribution in [2.45, 2.75) is 18.4 Å². The molecule has 1 N–H and O–H groups in total. The van der Waals surface area contributed by atoms with Gasteiger partial charge in [-0.3, -0.25) is 0 Å². The number of hydrogen-bond acceptors (Lipinski definition) is 2. The molecule has 1 saturated heterocycles. The zero-order chi connectivity index (χ0) is 12.7. The summed E-state index contributed by atoms with van der Waals surface area (Å²) in [6.45, 7) is 2.22. The zero-order valence-electron chi connectivity index (χ0n) is 10.9. The third-order valence-corrected chi connectivity index (χ3v) is 4.42. The summed E-state index contributed by atoms with van der Waals surface area (Å²) in [5.41, 5.74) is 4.19. The Balaban J connectivity index is 1.83. The van der Waals surface area contributed by atoms with Gasteiger partial charge in [-0.25, -0.2) is 0 Å². The van der Waals surface area contributed by atoms with Crippen molar-refractivity contribution >= 4 is 11.4 Å². The first-order chi connectivity index (χ1) is 9.43. The number of rotatable bonds is 1. The minimum absolute atomic E-state index is 0.593. The Labute approximate surface area is 114 Å². The summed E-state index contributed by atoms with van der Waals surface area (Å²) in [5, 5.41) is 3.66. The number of anilines is 2. The van der Waals surface area contributed by atoms with Crippen molar-refractivity contribution in [3.8, 4) is 0 Å². The third kappa shape index (κ3) is 1.75. The molecule has 2 atom stereocenters. The van der Waals surface area contributed by atoms with Crippen LogP contribution in [0.15, 0.2) is 54.6 Å². The molecule has 0 saturated carbocycles. The maximum absolute atomic E-state index is 3.66. The van der Waals surface area contributed by atoms with Gasteiger partial charge in [-0.15, -0.1) is 0 Å². The summed E-state index contributed by atoms with van der Waals surface area (Å²) in [5.74, 6) is 0.691. The van der Waals surface area contributed by atoms with Gasteiger partial charge in [0.05, 0.1) is 0 Å². The number of hydrogen-bond donors (Lipinski definition) is 1. The lowest BCUT2D eigenvalue weighted by Gasteiger charge is -2.38. The minimum atomic E-state index is 0.593. The van der Waals surface area contributed by atoms with E-state index in [0.29, 0.717) is 12.0 Å². The van der Waals surface area contributed by atoms with Crippen LogP contribution in [-0.2, 0) is 0 Å². The van der Waals surface area contributed by atoms with Crippen molar-refractivity contribution in [3.63, 3.8) is 0 Å². The number of benzene rings is 2. The van der Waals surface area contributed by atoms with E-state index in [1.54, 1.807) is 0 Å². The second-order valence-electron chi connectivity index (χ2n) is 5.46. The van der Waals surface area contributed by atoms with E-state index in [0.717, 1.165) is 13.1 Å². The van der Waals surface area contributed by atoms with E-state index in [-0.39, 0.29) is 0 Å². The molecule has 0 radical (unpaired) electrons. The Hall–Kier alpha value is -1.80. The molecule has 0 unspecified atom stereocenters. The van der Waals surface area contributed by atoms with Crippen LogP contribution in [-0.4, -0.2) is 19.1 Å². The lowest BCUT2D eigenvalue weighted by molar-refractivity contribution is 0.531. The highest BCUT2D eigenvalue weighted by Crippen LogP contribution is 2.42. The second kappa shape index (κ2) is 4.39. The maximum Gasteiger partial charge on any atom is 0.0447 e. The highest BCUT2D eigenvalue weighted by molar-refractivity contribution is 5.69. The summed E-state index contributed by atoms with van der Waals surface area (Å²) < 4.78 is 0. The molecule has 2 aliphatic heterocycles. The van der Waals surface area contributed by atoms with Crippen LogP contribution in [0.2, 0.25) is 0 Å². The standard InChI is InChI=1S/C17H18N2/c1-2-6-13(7-3-1)19-12-16-14(10-11-18-16)15-8-4-5-9-17(15)19/h1-9,14,16,18H,10-12H2/t14-,16+/m0/s1. The van der Waals surface area contributed by atoms with E-state index in [2.05, 4.69) is 64.8 Å². The molecular weight excluding hydrogens is 232 g/mol. The van der Waals surface area contributed by atoms with Gasteiger partial charge in [-0.2, -0.15) is 0 Å². The molecule has 1 fully saturated rings. The molecule has 2 heterocycles. The fourth-order valence-electron chi connectivity index (χ4n) is 3.53. The van der Waals surface area contributed by atoms with Gasteiger partial charge in [0.15, 0.2) is 0 Å². The van der Waals surface area contributed by atoms with Crippen LogP contribution in [0.5, 0.6) is 0 Å². The van der Waals surface area contributed by atoms with E-state index in [4.69, 9.17) is 0 Å². The maximum atomic E-state index is 3.66. The van der Waals surface area contributed by atoms with Gasteiger partial charge in [-0.1, -0.05) is 36.4 Å². The smallest absolute Gasteiger partial charge is 0.0447 e. The van der Waals surface area contributed by atoms with E-state index in [1.165, 1.54) is 23.4 Å². The van der Waals surface area contributed by atoms with Crippen LogP contribution in [0, 0.1) is 0 Å². The summed E-state index contributed by atoms with van der Waals surface area (Å²) in [7, 11) is 0. The first kappa shape index (κ1) is 11.1. The van der Waals surface area contributed by atoms with E-state index in [1.807, 2.05) is 0 Å². The molecule has 2 nitrogen and oxygen atoms in total. The number of para-hydroxylation sites is 2. The minimum Gasteiger partial charge on any atom is -0.340 e. The first-order valence-electron chi connectivity index (χ1n) is 7.08. The van der Waals surface area contributed by atoms with Crippen LogP contribution >= 0.6 is 0 Å². The molecule has 0 bridgehead atoms. The number of nitrogens with one attached hydrogen (secondary N) is 1. The molecule has 2 aromatic carbocycles. The summed E-state index contributed by atoms with van der Waals surface area (Å²) in [4.78, 5) is 2.45. The normalized spacial score (nSPS) is 24.9. The summed E-state index contributed by atoms with van der Waals surface area (Å²) >= 11 is 0. The van der Waals surface area contributed by atoms with Gasteiger partial charge in [0, 0.05) is 29.9 Å². The lowest BCUT2D eigenvalue weighted by Crippen LogP contribution is -2.42. The Kier molecular flexibility index (Phi) is 2.56. The average Bonchev–Trinajstić information content (AvgIpc) is 2.96. The first-order valence-corrected chi connectivity index (χ1v) is 7.08. The van der Waals surface area contributed by atoms with Crippen molar-refractivity contribution in [1.82, 2.24) is 5.32 Å². The molecule has 2 aromatic rings. The molecule has 0 amide bonds. The molecule has 0 aliphatic carbocycles. The van der Waals surface area contributed by atoms with Gasteiger partial charge < -0.3 is 10.2 Å². The monoisotopic (exact) mass is 250 g/mol. The fourth-order valence-corrected chi connectivity index (χ4v) is 3.53. The van der Waals surface area contributed by atoms with Gasteiger partial charge in [0.1, 0.15) is 0 Å². The average molecular weight is 250 g/mol. The predicted octanol–water partition coefficient (Wildman–Crippen LogP) is 3.28. The summed E-state index contributed by atoms with van der Waals surface area (Å²) in [6, 6.07) is 20.2. The highest BCUT2D eigenvalue weighted by atomic mass is 15.2. The van der Waals surface area contributed by atoms with Gasteiger partial charge >= 0.3 is 0 Å². The van der Waals surface area contributed by atoms with Crippen LogP contribution < -0.4 is 10.2 Å². The van der Waals surface area contributed by atoms with Crippen molar-refractivity contribution in [1.29, 1.82) is 0 Å². The van der Waals surface area contributed by atoms with Crippen LogP contribution in [0.1, 0.15) is 17.9 Å². The molecule has 2 aliphatic rings. The van der Waals surface area contributed by atoms with Gasteiger partial charge in [0.25, 0.3) is 0 Å². The van der Waals surface area contributed by atoms with Gasteiger partial charge in [0.2, 0.25) is 0 Å². The highest BCUT2D eigenvalue weighted by Gasteiger charge is 2.36. The Morgan fingerprint density at radius 3 is 2.63 bits per heavy atom. The van der Waals surface area contributed by atoms with E-state index in [9.17, 15) is 0 Å². The predicted molar refractivity (Wildman–Crippen MR) is 79.0 cm³/mol. The second-order valence-corrected chi connectivity index (χ2v) is 5.46. The van der Waals surface area contributed by atoms with Crippen LogP contribution in [0.3, 0.4) is 0 Å². The molecule has 96 valence electrons. The van der Waals surface area contributed by atoms with Crippen molar-refractivity contribution < 1.29 is 0 Å². The van der Waals surface area contributed by atoms with Crippen molar-refractivity contribution in [2.24, 2.45) is 0 Å². The Bertz CT molecular complexity index is 579. The molecule has 19 heavy (non-hydrogen) atoms. The van der Waals surface area contributed by atoms with Crippen molar-refractivity contribution in [2.75, 3.05) is 18.0 Å². The van der Waals surface area contributed by atoms with Crippen molar-refractivity contribution in [3.05, 3.63) is 60.2 Å². The molecular formula is C17H18N2. The fraction of sp³-hybridized carbons (Fsp3) is 0.294. The van der Waals surface area contributed by atoms with Crippen LogP contribution in [0.25, 0.3) is 0 Å². The third-order valence-electron chi connectivity index (χ3n) is 4.42. The topological polar surface area (TPSA) is 15.3 Å². The Morgan fingerprint density at radius 2 is 1.74 bits per heavy atom. The summed E-state index contributed by atoms with van der Waals surface area (Å²) in [6.07, 6.45) is 1.27. The van der Waals surface area contributed by atoms with E-state index < -0.39 is 0 Å². The SMILES string of the molecule is c1ccc(N2C[C@H]3NCC[C@H]3c3ccccc32)cc1. The molecule has 0 aromatic heterocycles. The quantitative estimate of drug-likeness (QED) is 0.835. The number of nitrogens with zero attached hydrogens (tertiary/aromatic N) is 1. The molecule has 0 spiro atoms. The number of fused-ring (bicyclic) bond motifs is 3. The lowest BCUT2D eigenvalue weighted by atomic mass is 9.86. The zero-order valence-corrected chi connectivity index (χ0v) is 10.9.